The first-order valence-corrected chi connectivity index (χ1v) is 10.0. The van der Waals surface area contributed by atoms with Crippen LogP contribution in [0.4, 0.5) is 5.69 Å². The predicted octanol–water partition coefficient (Wildman–Crippen LogP) is 3.36. The highest BCUT2D eigenvalue weighted by atomic mass is 35.5. The van der Waals surface area contributed by atoms with Crippen molar-refractivity contribution in [1.29, 1.82) is 0 Å². The second kappa shape index (κ2) is 8.39. The lowest BCUT2D eigenvalue weighted by Crippen LogP contribution is -2.17. The number of ether oxygens (including phenoxy) is 1. The summed E-state index contributed by atoms with van der Waals surface area (Å²) in [5, 5.41) is 8.29. The van der Waals surface area contributed by atoms with Gasteiger partial charge in [0.25, 0.3) is 0 Å². The molecule has 144 valence electrons. The summed E-state index contributed by atoms with van der Waals surface area (Å²) in [6.07, 6.45) is 2.95. The molecule has 0 fully saturated rings. The molecule has 0 radical (unpaired) electrons. The molecule has 0 aliphatic carbocycles. The quantitative estimate of drug-likeness (QED) is 0.638. The third-order valence-electron chi connectivity index (χ3n) is 3.65. The summed E-state index contributed by atoms with van der Waals surface area (Å²) in [5.74, 6) is -0.0508. The number of halogens is 1. The Balaban J connectivity index is 1.83. The maximum absolute atomic E-state index is 12.2. The van der Waals surface area contributed by atoms with Crippen LogP contribution in [0.25, 0.3) is 0 Å². The molecule has 0 unspecified atom stereocenters. The van der Waals surface area contributed by atoms with Gasteiger partial charge in [-0.05, 0) is 23.8 Å². The van der Waals surface area contributed by atoms with Crippen LogP contribution < -0.4 is 15.2 Å². The van der Waals surface area contributed by atoms with E-state index in [1.807, 2.05) is 30.3 Å². The SMILES string of the molecule is NS(=O)(=O)c1cc(NC(=O)Cc2ccccc2)ccc1Oc1cncc(Cl)c1. The van der Waals surface area contributed by atoms with Gasteiger partial charge < -0.3 is 10.1 Å². The van der Waals surface area contributed by atoms with E-state index in [0.29, 0.717) is 5.02 Å². The molecule has 0 atom stereocenters. The molecule has 3 rings (SSSR count). The Morgan fingerprint density at radius 1 is 1.11 bits per heavy atom. The van der Waals surface area contributed by atoms with E-state index in [-0.39, 0.29) is 34.4 Å². The van der Waals surface area contributed by atoms with Gasteiger partial charge in [0.05, 0.1) is 17.6 Å². The van der Waals surface area contributed by atoms with Crippen LogP contribution in [-0.2, 0) is 21.2 Å². The average molecular weight is 418 g/mol. The van der Waals surface area contributed by atoms with Gasteiger partial charge >= 0.3 is 0 Å². The zero-order valence-corrected chi connectivity index (χ0v) is 16.1. The van der Waals surface area contributed by atoms with E-state index >= 15 is 0 Å². The third-order valence-corrected chi connectivity index (χ3v) is 4.79. The van der Waals surface area contributed by atoms with Crippen LogP contribution in [0, 0.1) is 0 Å². The Labute approximate surface area is 167 Å². The van der Waals surface area contributed by atoms with Crippen molar-refractivity contribution in [3.05, 3.63) is 77.6 Å². The number of pyridine rings is 1. The average Bonchev–Trinajstić information content (AvgIpc) is 2.63. The Bertz CT molecular complexity index is 1110. The van der Waals surface area contributed by atoms with Crippen molar-refractivity contribution in [3.8, 4) is 11.5 Å². The van der Waals surface area contributed by atoms with Gasteiger partial charge in [-0.15, -0.1) is 0 Å². The standard InChI is InChI=1S/C19H16ClN3O4S/c20-14-9-16(12-22-11-14)27-17-7-6-15(10-18(17)28(21,25)26)23-19(24)8-13-4-2-1-3-5-13/h1-7,9-12H,8H2,(H,23,24)(H2,21,25,26). The lowest BCUT2D eigenvalue weighted by atomic mass is 10.1. The Hall–Kier alpha value is -2.94. The highest BCUT2D eigenvalue weighted by molar-refractivity contribution is 7.89. The van der Waals surface area contributed by atoms with Crippen molar-refractivity contribution in [2.45, 2.75) is 11.3 Å². The minimum atomic E-state index is -4.11. The first-order chi connectivity index (χ1) is 13.3. The molecule has 9 heteroatoms. The van der Waals surface area contributed by atoms with E-state index in [4.69, 9.17) is 21.5 Å². The summed E-state index contributed by atoms with van der Waals surface area (Å²) in [6, 6.07) is 14.8. The number of amides is 1. The summed E-state index contributed by atoms with van der Waals surface area (Å²) in [6.45, 7) is 0. The third kappa shape index (κ3) is 5.29. The molecule has 1 heterocycles. The maximum Gasteiger partial charge on any atom is 0.241 e. The van der Waals surface area contributed by atoms with E-state index in [1.54, 1.807) is 0 Å². The molecule has 0 aliphatic heterocycles. The molecule has 3 N–H and O–H groups in total. The fourth-order valence-corrected chi connectivity index (χ4v) is 3.30. The zero-order chi connectivity index (χ0) is 20.1. The first-order valence-electron chi connectivity index (χ1n) is 8.10. The van der Waals surface area contributed by atoms with Gasteiger partial charge in [0.15, 0.2) is 0 Å². The van der Waals surface area contributed by atoms with Crippen LogP contribution in [0.3, 0.4) is 0 Å². The van der Waals surface area contributed by atoms with E-state index in [1.165, 1.54) is 36.7 Å². The van der Waals surface area contributed by atoms with Crippen LogP contribution in [0.2, 0.25) is 5.02 Å². The number of rotatable bonds is 6. The maximum atomic E-state index is 12.2. The van der Waals surface area contributed by atoms with Crippen LogP contribution in [-0.4, -0.2) is 19.3 Å². The van der Waals surface area contributed by atoms with Gasteiger partial charge in [0.2, 0.25) is 15.9 Å². The first kappa shape index (κ1) is 19.8. The zero-order valence-electron chi connectivity index (χ0n) is 14.5. The van der Waals surface area contributed by atoms with Crippen LogP contribution >= 0.6 is 11.6 Å². The summed E-state index contributed by atoms with van der Waals surface area (Å²) in [4.78, 5) is 15.8. The van der Waals surface area contributed by atoms with Crippen molar-refractivity contribution in [1.82, 2.24) is 4.98 Å². The number of benzene rings is 2. The number of nitrogens with two attached hydrogens (primary N) is 1. The monoisotopic (exact) mass is 417 g/mol. The number of carbonyl (C=O) groups excluding carboxylic acids is 1. The van der Waals surface area contributed by atoms with Gasteiger partial charge in [0.1, 0.15) is 16.4 Å². The van der Waals surface area contributed by atoms with Crippen molar-refractivity contribution in [2.75, 3.05) is 5.32 Å². The Morgan fingerprint density at radius 3 is 2.54 bits per heavy atom. The number of sulfonamides is 1. The van der Waals surface area contributed by atoms with Crippen LogP contribution in [0.15, 0.2) is 71.9 Å². The fourth-order valence-electron chi connectivity index (χ4n) is 2.45. The molecule has 2 aromatic carbocycles. The molecule has 1 aromatic heterocycles. The summed E-state index contributed by atoms with van der Waals surface area (Å²) in [7, 11) is -4.11. The molecule has 3 aromatic rings. The number of hydrogen-bond acceptors (Lipinski definition) is 5. The highest BCUT2D eigenvalue weighted by Crippen LogP contribution is 2.31. The van der Waals surface area contributed by atoms with Gasteiger partial charge in [-0.2, -0.15) is 0 Å². The van der Waals surface area contributed by atoms with Crippen LogP contribution in [0.1, 0.15) is 5.56 Å². The normalized spacial score (nSPS) is 11.1. The topological polar surface area (TPSA) is 111 Å². The van der Waals surface area contributed by atoms with E-state index < -0.39 is 10.0 Å². The predicted molar refractivity (Wildman–Crippen MR) is 106 cm³/mol. The number of anilines is 1. The highest BCUT2D eigenvalue weighted by Gasteiger charge is 2.18. The molecule has 0 aliphatic rings. The summed E-state index contributed by atoms with van der Waals surface area (Å²) in [5.41, 5.74) is 1.11. The van der Waals surface area contributed by atoms with Gasteiger partial charge in [-0.25, -0.2) is 13.6 Å². The fraction of sp³-hybridized carbons (Fsp3) is 0.0526. The smallest absolute Gasteiger partial charge is 0.241 e. The number of carbonyl (C=O) groups is 1. The minimum absolute atomic E-state index is 0.00683. The Kier molecular flexibility index (Phi) is 5.93. The molecular weight excluding hydrogens is 402 g/mol. The number of hydrogen-bond donors (Lipinski definition) is 2. The summed E-state index contributed by atoms with van der Waals surface area (Å²) < 4.78 is 29.5. The lowest BCUT2D eigenvalue weighted by Gasteiger charge is -2.12. The number of aromatic nitrogens is 1. The lowest BCUT2D eigenvalue weighted by molar-refractivity contribution is -0.115. The number of primary sulfonamides is 1. The van der Waals surface area contributed by atoms with Gasteiger partial charge in [0, 0.05) is 18.0 Å². The van der Waals surface area contributed by atoms with Crippen molar-refractivity contribution in [3.63, 3.8) is 0 Å². The molecule has 0 saturated heterocycles. The van der Waals surface area contributed by atoms with Gasteiger partial charge in [-0.3, -0.25) is 9.78 Å². The van der Waals surface area contributed by atoms with Crippen molar-refractivity contribution >= 4 is 33.2 Å². The molecule has 0 bridgehead atoms. The van der Waals surface area contributed by atoms with Crippen molar-refractivity contribution < 1.29 is 17.9 Å². The molecule has 7 nitrogen and oxygen atoms in total. The molecule has 0 saturated carbocycles. The number of nitrogens with one attached hydrogen (secondary N) is 1. The Morgan fingerprint density at radius 2 is 1.86 bits per heavy atom. The molecule has 28 heavy (non-hydrogen) atoms. The second-order valence-corrected chi connectivity index (χ2v) is 7.82. The van der Waals surface area contributed by atoms with Crippen LogP contribution in [0.5, 0.6) is 11.5 Å². The van der Waals surface area contributed by atoms with Gasteiger partial charge in [-0.1, -0.05) is 41.9 Å². The second-order valence-electron chi connectivity index (χ2n) is 5.86. The largest absolute Gasteiger partial charge is 0.454 e. The molecule has 1 amide bonds. The minimum Gasteiger partial charge on any atom is -0.454 e. The van der Waals surface area contributed by atoms with E-state index in [2.05, 4.69) is 10.3 Å². The van der Waals surface area contributed by atoms with E-state index in [9.17, 15) is 13.2 Å². The van der Waals surface area contributed by atoms with Crippen molar-refractivity contribution in [2.24, 2.45) is 5.14 Å². The molecular formula is C19H16ClN3O4S. The number of nitrogens with zero attached hydrogens (tertiary/aromatic N) is 1. The van der Waals surface area contributed by atoms with E-state index in [0.717, 1.165) is 5.56 Å². The summed E-state index contributed by atoms with van der Waals surface area (Å²) >= 11 is 5.86. The molecule has 0 spiro atoms.